The van der Waals surface area contributed by atoms with E-state index in [1.165, 1.54) is 69.1 Å². The molecule has 1 aromatic heterocycles. The zero-order valence-electron chi connectivity index (χ0n) is 18.8. The van der Waals surface area contributed by atoms with Gasteiger partial charge in [-0.1, -0.05) is 44.6 Å². The Morgan fingerprint density at radius 3 is 2.53 bits per heavy atom. The van der Waals surface area contributed by atoms with E-state index in [4.69, 9.17) is 4.99 Å². The number of hydrogen-bond donors (Lipinski definition) is 1. The van der Waals surface area contributed by atoms with Crippen LogP contribution in [0.1, 0.15) is 101 Å². The van der Waals surface area contributed by atoms with Crippen molar-refractivity contribution in [3.63, 3.8) is 0 Å². The molecule has 0 bridgehead atoms. The number of allylic oxidation sites excluding steroid dienone is 1. The summed E-state index contributed by atoms with van der Waals surface area (Å²) in [7, 11) is 0. The van der Waals surface area contributed by atoms with Crippen LogP contribution < -0.4 is 5.32 Å². The van der Waals surface area contributed by atoms with Gasteiger partial charge in [-0.25, -0.2) is 0 Å². The fourth-order valence-electron chi connectivity index (χ4n) is 5.92. The van der Waals surface area contributed by atoms with Gasteiger partial charge in [-0.15, -0.1) is 0 Å². The average molecular weight is 410 g/mol. The van der Waals surface area contributed by atoms with E-state index in [1.807, 2.05) is 0 Å². The molecule has 5 rings (SSSR count). The molecule has 0 radical (unpaired) electrons. The normalized spacial score (nSPS) is 27.3. The van der Waals surface area contributed by atoms with Crippen LogP contribution in [0.25, 0.3) is 5.57 Å². The lowest BCUT2D eigenvalue weighted by Crippen LogP contribution is -2.36. The van der Waals surface area contributed by atoms with Crippen molar-refractivity contribution in [2.24, 2.45) is 16.8 Å². The maximum Gasteiger partial charge on any atom is 0.253 e. The number of fused-ring (bicyclic) bond motifs is 1. The summed E-state index contributed by atoms with van der Waals surface area (Å²) in [4.78, 5) is 18.2. The molecule has 0 aromatic carbocycles. The summed E-state index contributed by atoms with van der Waals surface area (Å²) in [6, 6.07) is 3.04. The first kappa shape index (κ1) is 20.1. The Hall–Kier alpha value is -1.84. The zero-order valence-corrected chi connectivity index (χ0v) is 18.8. The molecule has 3 saturated carbocycles. The number of dihydropyridines is 1. The van der Waals surface area contributed by atoms with Crippen molar-refractivity contribution in [3.05, 3.63) is 29.1 Å². The van der Waals surface area contributed by atoms with Crippen LogP contribution in [-0.4, -0.2) is 28.3 Å². The second-order valence-electron chi connectivity index (χ2n) is 10.2. The first-order valence-corrected chi connectivity index (χ1v) is 12.4. The summed E-state index contributed by atoms with van der Waals surface area (Å²) in [5.74, 6) is 1.47. The number of carbonyl (C=O) groups is 1. The monoisotopic (exact) mass is 409 g/mol. The highest BCUT2D eigenvalue weighted by Crippen LogP contribution is 2.42. The molecule has 1 amide bonds. The quantitative estimate of drug-likeness (QED) is 0.643. The smallest absolute Gasteiger partial charge is 0.253 e. The molecule has 164 valence electrons. The predicted octanol–water partition coefficient (Wildman–Crippen LogP) is 5.93. The van der Waals surface area contributed by atoms with Crippen LogP contribution in [0.2, 0.25) is 0 Å². The van der Waals surface area contributed by atoms with Crippen molar-refractivity contribution >= 4 is 17.2 Å². The number of carbonyl (C=O) groups excluding carboxylic acids is 1. The minimum atomic E-state index is 0. The summed E-state index contributed by atoms with van der Waals surface area (Å²) in [6.07, 6.45) is 16.4. The molecule has 4 nitrogen and oxygen atoms in total. The van der Waals surface area contributed by atoms with E-state index in [9.17, 15) is 4.79 Å². The minimum absolute atomic E-state index is 0. The van der Waals surface area contributed by atoms with Crippen molar-refractivity contribution in [1.82, 2.24) is 9.88 Å². The predicted molar refractivity (Wildman–Crippen MR) is 125 cm³/mol. The molecule has 3 fully saturated rings. The van der Waals surface area contributed by atoms with E-state index in [0.717, 1.165) is 42.3 Å². The van der Waals surface area contributed by atoms with Crippen molar-refractivity contribution in [2.45, 2.75) is 103 Å². The summed E-state index contributed by atoms with van der Waals surface area (Å²) in [6.45, 7) is 5.34. The van der Waals surface area contributed by atoms with Crippen molar-refractivity contribution in [3.8, 4) is 0 Å². The molecule has 1 aliphatic heterocycles. The third-order valence-electron chi connectivity index (χ3n) is 7.93. The highest BCUT2D eigenvalue weighted by Gasteiger charge is 2.39. The highest BCUT2D eigenvalue weighted by atomic mass is 16.1. The van der Waals surface area contributed by atoms with Crippen molar-refractivity contribution in [1.29, 1.82) is 0 Å². The van der Waals surface area contributed by atoms with Gasteiger partial charge in [-0.3, -0.25) is 9.79 Å². The molecule has 1 aromatic rings. The molecule has 2 heterocycles. The maximum atomic E-state index is 13.3. The topological polar surface area (TPSA) is 46.4 Å². The van der Waals surface area contributed by atoms with Crippen LogP contribution in [0.5, 0.6) is 0 Å². The molecule has 2 unspecified atom stereocenters. The molecule has 0 spiro atoms. The summed E-state index contributed by atoms with van der Waals surface area (Å²) >= 11 is 0. The Morgan fingerprint density at radius 2 is 1.80 bits per heavy atom. The Bertz CT molecular complexity index is 871. The molecule has 4 heteroatoms. The molecule has 1 N–H and O–H groups in total. The number of nitrogens with zero attached hydrogens (tertiary/aromatic N) is 2. The van der Waals surface area contributed by atoms with Crippen LogP contribution in [-0.2, 0) is 6.54 Å². The molecular weight excluding hydrogens is 370 g/mol. The van der Waals surface area contributed by atoms with Gasteiger partial charge in [0.05, 0.1) is 17.3 Å². The number of nitrogens with one attached hydrogen (secondary N) is 1. The Kier molecular flexibility index (Phi) is 5.59. The van der Waals surface area contributed by atoms with Gasteiger partial charge in [0.15, 0.2) is 0 Å². The largest absolute Gasteiger partial charge is 0.349 e. The molecule has 2 atom stereocenters. The van der Waals surface area contributed by atoms with Crippen LogP contribution in [0.4, 0.5) is 0 Å². The molecule has 3 aliphatic carbocycles. The van der Waals surface area contributed by atoms with Gasteiger partial charge in [-0.2, -0.15) is 0 Å². The number of amides is 1. The zero-order chi connectivity index (χ0) is 20.7. The first-order chi connectivity index (χ1) is 14.6. The van der Waals surface area contributed by atoms with Crippen molar-refractivity contribution in [2.75, 3.05) is 0 Å². The number of hydrogen-bond acceptors (Lipinski definition) is 2. The maximum absolute atomic E-state index is 13.3. The lowest BCUT2D eigenvalue weighted by molar-refractivity contribution is 0.0927. The van der Waals surface area contributed by atoms with E-state index in [0.29, 0.717) is 18.0 Å². The lowest BCUT2D eigenvalue weighted by Gasteiger charge is -2.25. The molecular formula is C26H39N3O. The Balaban J connectivity index is 0.00000231. The summed E-state index contributed by atoms with van der Waals surface area (Å²) in [5, 5.41) is 3.35. The standard InChI is InChI=1S/C26H37N3O.H2/c1-17-22(13-20-14-24(20)27-17)25-15-23(26(30)28-21-11-7-4-8-12-21)18(2)29(25)16-19-9-5-3-6-10-19;/h13,15,19-21,24H,3-12,14,16H2,1-2H3,(H,28,30);1H. The first-order valence-electron chi connectivity index (χ1n) is 12.4. The molecule has 30 heavy (non-hydrogen) atoms. The van der Waals surface area contributed by atoms with Gasteiger partial charge in [0.1, 0.15) is 0 Å². The van der Waals surface area contributed by atoms with Gasteiger partial charge < -0.3 is 9.88 Å². The van der Waals surface area contributed by atoms with Gasteiger partial charge >= 0.3 is 0 Å². The van der Waals surface area contributed by atoms with Crippen LogP contribution >= 0.6 is 0 Å². The number of rotatable bonds is 5. The van der Waals surface area contributed by atoms with E-state index < -0.39 is 0 Å². The minimum Gasteiger partial charge on any atom is -0.349 e. The second-order valence-corrected chi connectivity index (χ2v) is 10.2. The average Bonchev–Trinajstić information content (AvgIpc) is 3.44. The van der Waals surface area contributed by atoms with Crippen molar-refractivity contribution < 1.29 is 6.22 Å². The van der Waals surface area contributed by atoms with Gasteiger partial charge in [-0.05, 0) is 57.9 Å². The van der Waals surface area contributed by atoms with E-state index >= 15 is 0 Å². The number of aliphatic imine (C=N–C) groups is 1. The van der Waals surface area contributed by atoms with Crippen LogP contribution in [0.15, 0.2) is 17.1 Å². The van der Waals surface area contributed by atoms with E-state index in [1.54, 1.807) is 0 Å². The van der Waals surface area contributed by atoms with Crippen LogP contribution in [0.3, 0.4) is 0 Å². The fourth-order valence-corrected chi connectivity index (χ4v) is 5.92. The van der Waals surface area contributed by atoms with E-state index in [2.05, 4.69) is 35.9 Å². The Morgan fingerprint density at radius 1 is 1.10 bits per heavy atom. The SMILES string of the molecule is CC1=NC2CC2C=C1c1cc(C(=O)NC2CCCCC2)c(C)n1CC1CCCCC1.[HH]. The molecule has 0 saturated heterocycles. The highest BCUT2D eigenvalue weighted by molar-refractivity contribution is 6.23. The van der Waals surface area contributed by atoms with Crippen LogP contribution in [0, 0.1) is 18.8 Å². The van der Waals surface area contributed by atoms with Gasteiger partial charge in [0.2, 0.25) is 0 Å². The third-order valence-corrected chi connectivity index (χ3v) is 7.93. The molecule has 4 aliphatic rings. The second kappa shape index (κ2) is 8.36. The van der Waals surface area contributed by atoms with E-state index in [-0.39, 0.29) is 7.33 Å². The van der Waals surface area contributed by atoms with Gasteiger partial charge in [0.25, 0.3) is 5.91 Å². The lowest BCUT2D eigenvalue weighted by atomic mass is 9.89. The van der Waals surface area contributed by atoms with Gasteiger partial charge in [0, 0.05) is 36.9 Å². The Labute approximate surface area is 182 Å². The fraction of sp³-hybridized carbons (Fsp3) is 0.692. The summed E-state index contributed by atoms with van der Waals surface area (Å²) in [5.41, 5.74) is 5.65. The third kappa shape index (κ3) is 4.02. The summed E-state index contributed by atoms with van der Waals surface area (Å²) < 4.78 is 2.46. The number of aromatic nitrogens is 1.